The molecule has 1 aliphatic heterocycles. The van der Waals surface area contributed by atoms with E-state index in [4.69, 9.17) is 16.6 Å². The minimum absolute atomic E-state index is 0.0428. The molecule has 186 valence electrons. The molecule has 0 aliphatic carbocycles. The number of likely N-dealkylation sites (tertiary alicyclic amines) is 1. The molecule has 1 fully saturated rings. The van der Waals surface area contributed by atoms with Crippen molar-refractivity contribution in [2.45, 2.75) is 76.5 Å². The van der Waals surface area contributed by atoms with Crippen LogP contribution in [0.1, 0.15) is 52.4 Å². The van der Waals surface area contributed by atoms with Crippen molar-refractivity contribution in [3.05, 3.63) is 0 Å². The number of aliphatic carboxylic acids is 2. The molecule has 0 radical (unpaired) electrons. The molecule has 1 heterocycles. The van der Waals surface area contributed by atoms with Gasteiger partial charge in [0.25, 0.3) is 0 Å². The van der Waals surface area contributed by atoms with Crippen molar-refractivity contribution in [2.75, 3.05) is 6.54 Å². The second-order valence-corrected chi connectivity index (χ2v) is 8.49. The molecule has 13 heteroatoms. The number of rotatable bonds is 13. The van der Waals surface area contributed by atoms with Crippen molar-refractivity contribution < 1.29 is 39.0 Å². The van der Waals surface area contributed by atoms with Gasteiger partial charge in [-0.05, 0) is 31.6 Å². The maximum atomic E-state index is 13.0. The van der Waals surface area contributed by atoms with Crippen molar-refractivity contribution in [3.8, 4) is 0 Å². The van der Waals surface area contributed by atoms with Gasteiger partial charge in [0.1, 0.15) is 18.1 Å². The van der Waals surface area contributed by atoms with Gasteiger partial charge in [-0.2, -0.15) is 0 Å². The summed E-state index contributed by atoms with van der Waals surface area (Å²) in [4.78, 5) is 73.0. The number of amides is 4. The van der Waals surface area contributed by atoms with Gasteiger partial charge < -0.3 is 37.2 Å². The Labute approximate surface area is 191 Å². The first-order chi connectivity index (χ1) is 15.3. The van der Waals surface area contributed by atoms with Crippen LogP contribution in [0, 0.1) is 5.92 Å². The fraction of sp³-hybridized carbons (Fsp3) is 0.700. The highest BCUT2D eigenvalue weighted by molar-refractivity contribution is 5.96. The molecular weight excluding hydrogens is 438 g/mol. The molecule has 1 aliphatic rings. The van der Waals surface area contributed by atoms with Crippen LogP contribution < -0.4 is 22.1 Å². The molecule has 1 rings (SSSR count). The van der Waals surface area contributed by atoms with Gasteiger partial charge in [-0.3, -0.25) is 24.0 Å². The Kier molecular flexibility index (Phi) is 10.7. The minimum atomic E-state index is -1.44. The van der Waals surface area contributed by atoms with Crippen LogP contribution in [0.2, 0.25) is 0 Å². The molecule has 4 atom stereocenters. The topological polar surface area (TPSA) is 222 Å². The van der Waals surface area contributed by atoms with Gasteiger partial charge in [-0.1, -0.05) is 13.8 Å². The van der Waals surface area contributed by atoms with Gasteiger partial charge >= 0.3 is 11.9 Å². The normalized spacial score (nSPS) is 18.3. The molecule has 4 amide bonds. The van der Waals surface area contributed by atoms with Crippen molar-refractivity contribution in [3.63, 3.8) is 0 Å². The van der Waals surface area contributed by atoms with E-state index in [9.17, 15) is 33.9 Å². The molecule has 4 unspecified atom stereocenters. The minimum Gasteiger partial charge on any atom is -0.481 e. The van der Waals surface area contributed by atoms with E-state index in [1.807, 2.05) is 13.8 Å². The molecule has 8 N–H and O–H groups in total. The maximum absolute atomic E-state index is 13.0. The zero-order valence-corrected chi connectivity index (χ0v) is 18.8. The molecule has 13 nitrogen and oxygen atoms in total. The van der Waals surface area contributed by atoms with E-state index in [1.165, 1.54) is 4.90 Å². The number of carbonyl (C=O) groups is 6. The molecule has 1 saturated heterocycles. The van der Waals surface area contributed by atoms with E-state index < -0.39 is 66.2 Å². The zero-order chi connectivity index (χ0) is 25.3. The van der Waals surface area contributed by atoms with Crippen LogP contribution in [0.4, 0.5) is 0 Å². The van der Waals surface area contributed by atoms with Gasteiger partial charge in [0.15, 0.2) is 0 Å². The molecule has 0 aromatic heterocycles. The number of nitrogens with zero attached hydrogens (tertiary/aromatic N) is 1. The molecule has 0 spiro atoms. The molecule has 0 bridgehead atoms. The molecular formula is C20H33N5O8. The molecule has 0 aromatic rings. The van der Waals surface area contributed by atoms with Crippen LogP contribution >= 0.6 is 0 Å². The Morgan fingerprint density at radius 3 is 2.15 bits per heavy atom. The summed E-state index contributed by atoms with van der Waals surface area (Å²) in [6, 6.07) is -4.75. The third kappa shape index (κ3) is 9.04. The summed E-state index contributed by atoms with van der Waals surface area (Å²) in [5, 5.41) is 22.9. The largest absolute Gasteiger partial charge is 0.481 e. The van der Waals surface area contributed by atoms with E-state index in [0.717, 1.165) is 0 Å². The summed E-state index contributed by atoms with van der Waals surface area (Å²) >= 11 is 0. The number of nitrogens with two attached hydrogens (primary N) is 2. The SMILES string of the molecule is CC(C)CC(NC(=O)C(CC(N)=O)NC(=O)C(N)CCC(=O)O)C(=O)N1CCCC1C(=O)O. The second-order valence-electron chi connectivity index (χ2n) is 8.49. The first-order valence-electron chi connectivity index (χ1n) is 10.7. The summed E-state index contributed by atoms with van der Waals surface area (Å²) in [7, 11) is 0. The third-order valence-corrected chi connectivity index (χ3v) is 5.19. The lowest BCUT2D eigenvalue weighted by atomic mass is 10.0. The number of carbonyl (C=O) groups excluding carboxylic acids is 4. The smallest absolute Gasteiger partial charge is 0.326 e. The van der Waals surface area contributed by atoms with Crippen molar-refractivity contribution in [2.24, 2.45) is 17.4 Å². The Morgan fingerprint density at radius 2 is 1.64 bits per heavy atom. The molecule has 0 aromatic carbocycles. The van der Waals surface area contributed by atoms with Crippen LogP contribution in [0.3, 0.4) is 0 Å². The number of carboxylic acid groups (broad SMARTS) is 2. The quantitative estimate of drug-likeness (QED) is 0.177. The maximum Gasteiger partial charge on any atom is 0.326 e. The number of hydrogen-bond donors (Lipinski definition) is 6. The average molecular weight is 472 g/mol. The van der Waals surface area contributed by atoms with Crippen molar-refractivity contribution in [1.82, 2.24) is 15.5 Å². The fourth-order valence-corrected chi connectivity index (χ4v) is 3.55. The van der Waals surface area contributed by atoms with Gasteiger partial charge in [0.05, 0.1) is 12.5 Å². The van der Waals surface area contributed by atoms with Crippen molar-refractivity contribution >= 4 is 35.6 Å². The number of nitrogens with one attached hydrogen (secondary N) is 2. The summed E-state index contributed by atoms with van der Waals surface area (Å²) in [5.74, 6) is -5.51. The van der Waals surface area contributed by atoms with Gasteiger partial charge in [0, 0.05) is 13.0 Å². The second kappa shape index (κ2) is 12.7. The van der Waals surface area contributed by atoms with Crippen LogP contribution in [-0.4, -0.2) is 81.4 Å². The van der Waals surface area contributed by atoms with Crippen molar-refractivity contribution in [1.29, 1.82) is 0 Å². The Bertz CT molecular complexity index is 772. The van der Waals surface area contributed by atoms with Gasteiger partial charge in [-0.25, -0.2) is 4.79 Å². The first-order valence-corrected chi connectivity index (χ1v) is 10.7. The van der Waals surface area contributed by atoms with Crippen LogP contribution in [0.25, 0.3) is 0 Å². The lowest BCUT2D eigenvalue weighted by Gasteiger charge is -2.29. The van der Waals surface area contributed by atoms with Crippen LogP contribution in [0.5, 0.6) is 0 Å². The summed E-state index contributed by atoms with van der Waals surface area (Å²) in [5.41, 5.74) is 10.8. The highest BCUT2D eigenvalue weighted by atomic mass is 16.4. The fourth-order valence-electron chi connectivity index (χ4n) is 3.55. The number of carboxylic acids is 2. The predicted molar refractivity (Wildman–Crippen MR) is 114 cm³/mol. The van der Waals surface area contributed by atoms with Crippen LogP contribution in [-0.2, 0) is 28.8 Å². The Balaban J connectivity index is 2.97. The highest BCUT2D eigenvalue weighted by Gasteiger charge is 2.38. The standard InChI is InChI=1S/C20H33N5O8/c1-10(2)8-13(19(31)25-7-3-4-14(25)20(32)33)24-18(30)12(9-15(22)26)23-17(29)11(21)5-6-16(27)28/h10-14H,3-9,21H2,1-2H3,(H2,22,26)(H,23,29)(H,24,30)(H,27,28)(H,32,33). The lowest BCUT2D eigenvalue weighted by Crippen LogP contribution is -2.58. The lowest BCUT2D eigenvalue weighted by molar-refractivity contribution is -0.149. The van der Waals surface area contributed by atoms with E-state index in [0.29, 0.717) is 12.8 Å². The number of primary amides is 1. The van der Waals surface area contributed by atoms with E-state index >= 15 is 0 Å². The monoisotopic (exact) mass is 471 g/mol. The first kappa shape index (κ1) is 27.8. The number of hydrogen-bond acceptors (Lipinski definition) is 7. The van der Waals surface area contributed by atoms with E-state index in [-0.39, 0.29) is 31.7 Å². The average Bonchev–Trinajstić information content (AvgIpc) is 3.19. The molecule has 0 saturated carbocycles. The van der Waals surface area contributed by atoms with Gasteiger partial charge in [-0.15, -0.1) is 0 Å². The van der Waals surface area contributed by atoms with Crippen LogP contribution in [0.15, 0.2) is 0 Å². The summed E-state index contributed by atoms with van der Waals surface area (Å²) < 4.78 is 0. The predicted octanol–water partition coefficient (Wildman–Crippen LogP) is -1.85. The Morgan fingerprint density at radius 1 is 1.03 bits per heavy atom. The third-order valence-electron chi connectivity index (χ3n) is 5.19. The van der Waals surface area contributed by atoms with Gasteiger partial charge in [0.2, 0.25) is 23.6 Å². The van der Waals surface area contributed by atoms with E-state index in [1.54, 1.807) is 0 Å². The van der Waals surface area contributed by atoms with E-state index in [2.05, 4.69) is 10.6 Å². The zero-order valence-electron chi connectivity index (χ0n) is 18.8. The molecule has 33 heavy (non-hydrogen) atoms. The Hall–Kier alpha value is -3.22. The highest BCUT2D eigenvalue weighted by Crippen LogP contribution is 2.20. The summed E-state index contributed by atoms with van der Waals surface area (Å²) in [6.45, 7) is 3.87. The summed E-state index contributed by atoms with van der Waals surface area (Å²) in [6.07, 6.45) is -0.118.